The van der Waals surface area contributed by atoms with E-state index in [9.17, 15) is 13.2 Å². The second-order valence-corrected chi connectivity index (χ2v) is 8.84. The number of hydrogen-bond acceptors (Lipinski definition) is 8. The SMILES string of the molecule is CCOc1cc(C(=O)Nc2nc3ccc(S(N)(=O)=O)cc3s2)cc(OCC)c1OCC. The van der Waals surface area contributed by atoms with Gasteiger partial charge in [0.2, 0.25) is 15.8 Å². The summed E-state index contributed by atoms with van der Waals surface area (Å²) in [6, 6.07) is 7.50. The lowest BCUT2D eigenvalue weighted by Crippen LogP contribution is -2.13. The second-order valence-electron chi connectivity index (χ2n) is 6.25. The zero-order chi connectivity index (χ0) is 22.6. The molecule has 1 aromatic heterocycles. The number of nitrogens with one attached hydrogen (secondary N) is 1. The van der Waals surface area contributed by atoms with Gasteiger partial charge in [-0.3, -0.25) is 10.1 Å². The van der Waals surface area contributed by atoms with Crippen LogP contribution in [0, 0.1) is 0 Å². The number of fused-ring (bicyclic) bond motifs is 1. The van der Waals surface area contributed by atoms with Crippen LogP contribution >= 0.6 is 11.3 Å². The Morgan fingerprint density at radius 2 is 1.65 bits per heavy atom. The van der Waals surface area contributed by atoms with E-state index in [2.05, 4.69) is 10.3 Å². The Morgan fingerprint density at radius 3 is 2.19 bits per heavy atom. The molecule has 3 aromatic rings. The number of carbonyl (C=O) groups excluding carboxylic acids is 1. The lowest BCUT2D eigenvalue weighted by molar-refractivity contribution is 0.102. The third-order valence-electron chi connectivity index (χ3n) is 4.08. The Hall–Kier alpha value is -2.89. The summed E-state index contributed by atoms with van der Waals surface area (Å²) in [6.07, 6.45) is 0. The molecule has 3 rings (SSSR count). The van der Waals surface area contributed by atoms with Gasteiger partial charge in [-0.1, -0.05) is 11.3 Å². The average Bonchev–Trinajstić information content (AvgIpc) is 3.11. The highest BCUT2D eigenvalue weighted by Crippen LogP contribution is 2.39. The fourth-order valence-electron chi connectivity index (χ4n) is 2.82. The Kier molecular flexibility index (Phi) is 6.98. The molecule has 0 fully saturated rings. The van der Waals surface area contributed by atoms with Crippen molar-refractivity contribution in [3.63, 3.8) is 0 Å². The highest BCUT2D eigenvalue weighted by Gasteiger charge is 2.19. The number of nitrogens with two attached hydrogens (primary N) is 1. The molecule has 0 saturated carbocycles. The van der Waals surface area contributed by atoms with Crippen LogP contribution in [0.4, 0.5) is 5.13 Å². The van der Waals surface area contributed by atoms with Gasteiger partial charge < -0.3 is 14.2 Å². The first kappa shape index (κ1) is 22.8. The van der Waals surface area contributed by atoms with Crippen molar-refractivity contribution in [2.45, 2.75) is 25.7 Å². The van der Waals surface area contributed by atoms with Crippen LogP contribution in [0.3, 0.4) is 0 Å². The summed E-state index contributed by atoms with van der Waals surface area (Å²) in [5.74, 6) is 0.832. The number of benzene rings is 2. The van der Waals surface area contributed by atoms with Crippen LogP contribution in [0.25, 0.3) is 10.2 Å². The molecule has 11 heteroatoms. The summed E-state index contributed by atoms with van der Waals surface area (Å²) >= 11 is 1.14. The first-order valence-corrected chi connectivity index (χ1v) is 11.9. The van der Waals surface area contributed by atoms with E-state index in [0.29, 0.717) is 58.0 Å². The van der Waals surface area contributed by atoms with Crippen molar-refractivity contribution in [2.75, 3.05) is 25.1 Å². The Balaban J connectivity index is 1.93. The topological polar surface area (TPSA) is 130 Å². The van der Waals surface area contributed by atoms with Gasteiger partial charge in [0.15, 0.2) is 16.6 Å². The quantitative estimate of drug-likeness (QED) is 0.495. The molecule has 1 amide bonds. The van der Waals surface area contributed by atoms with Crippen molar-refractivity contribution >= 4 is 42.6 Å². The smallest absolute Gasteiger partial charge is 0.257 e. The maximum atomic E-state index is 12.9. The summed E-state index contributed by atoms with van der Waals surface area (Å²) < 4.78 is 40.6. The van der Waals surface area contributed by atoms with Crippen LogP contribution in [0.5, 0.6) is 17.2 Å². The van der Waals surface area contributed by atoms with Gasteiger partial charge >= 0.3 is 0 Å². The number of sulfonamides is 1. The van der Waals surface area contributed by atoms with Gasteiger partial charge in [0.05, 0.1) is 34.9 Å². The van der Waals surface area contributed by atoms with Crippen molar-refractivity contribution < 1.29 is 27.4 Å². The number of hydrogen-bond donors (Lipinski definition) is 2. The Bertz CT molecular complexity index is 1180. The molecule has 0 bridgehead atoms. The molecule has 31 heavy (non-hydrogen) atoms. The number of thiazole rings is 1. The molecule has 1 heterocycles. The first-order valence-electron chi connectivity index (χ1n) is 9.58. The molecule has 0 spiro atoms. The lowest BCUT2D eigenvalue weighted by Gasteiger charge is -2.16. The van der Waals surface area contributed by atoms with Crippen molar-refractivity contribution in [3.05, 3.63) is 35.9 Å². The molecule has 0 aliphatic heterocycles. The van der Waals surface area contributed by atoms with Crippen molar-refractivity contribution in [2.24, 2.45) is 5.14 Å². The summed E-state index contributed by atoms with van der Waals surface area (Å²) in [5, 5.41) is 8.22. The number of nitrogens with zero attached hydrogens (tertiary/aromatic N) is 1. The minimum atomic E-state index is -3.83. The van der Waals surface area contributed by atoms with Crippen LogP contribution in [0.1, 0.15) is 31.1 Å². The van der Waals surface area contributed by atoms with Gasteiger partial charge in [0, 0.05) is 5.56 Å². The van der Waals surface area contributed by atoms with Gasteiger partial charge in [-0.25, -0.2) is 18.5 Å². The molecular weight excluding hydrogens is 442 g/mol. The van der Waals surface area contributed by atoms with E-state index < -0.39 is 15.9 Å². The highest BCUT2D eigenvalue weighted by molar-refractivity contribution is 7.89. The fraction of sp³-hybridized carbons (Fsp3) is 0.300. The number of rotatable bonds is 9. The molecule has 2 aromatic carbocycles. The molecule has 0 saturated heterocycles. The van der Waals surface area contributed by atoms with Gasteiger partial charge in [0.1, 0.15) is 0 Å². The zero-order valence-electron chi connectivity index (χ0n) is 17.3. The zero-order valence-corrected chi connectivity index (χ0v) is 18.9. The highest BCUT2D eigenvalue weighted by atomic mass is 32.2. The molecule has 166 valence electrons. The van der Waals surface area contributed by atoms with E-state index in [1.165, 1.54) is 12.1 Å². The third-order valence-corrected chi connectivity index (χ3v) is 5.92. The predicted molar refractivity (Wildman–Crippen MR) is 119 cm³/mol. The number of ether oxygens (including phenoxy) is 3. The van der Waals surface area contributed by atoms with Gasteiger partial charge in [-0.15, -0.1) is 0 Å². The van der Waals surface area contributed by atoms with Crippen molar-refractivity contribution in [3.8, 4) is 17.2 Å². The fourth-order valence-corrected chi connectivity index (χ4v) is 4.34. The summed E-state index contributed by atoms with van der Waals surface area (Å²) in [6.45, 7) is 6.71. The minimum Gasteiger partial charge on any atom is -0.490 e. The normalized spacial score (nSPS) is 11.4. The van der Waals surface area contributed by atoms with Crippen LogP contribution in [0.15, 0.2) is 35.2 Å². The Morgan fingerprint density at radius 1 is 1.03 bits per heavy atom. The number of aromatic nitrogens is 1. The van der Waals surface area contributed by atoms with Crippen LogP contribution in [-0.2, 0) is 10.0 Å². The molecule has 0 radical (unpaired) electrons. The standard InChI is InChI=1S/C20H23N3O6S2/c1-4-27-15-9-12(10-16(28-5-2)18(15)29-6-3)19(24)23-20-22-14-8-7-13(31(21,25)26)11-17(14)30-20/h7-11H,4-6H2,1-3H3,(H2,21,25,26)(H,22,23,24). The van der Waals surface area contributed by atoms with E-state index >= 15 is 0 Å². The van der Waals surface area contributed by atoms with Crippen molar-refractivity contribution in [1.82, 2.24) is 4.98 Å². The maximum absolute atomic E-state index is 12.9. The molecular formula is C20H23N3O6S2. The number of carbonyl (C=O) groups is 1. The van der Waals surface area contributed by atoms with E-state index in [1.54, 1.807) is 18.2 Å². The van der Waals surface area contributed by atoms with E-state index in [0.717, 1.165) is 11.3 Å². The molecule has 0 unspecified atom stereocenters. The van der Waals surface area contributed by atoms with Crippen molar-refractivity contribution in [1.29, 1.82) is 0 Å². The summed E-state index contributed by atoms with van der Waals surface area (Å²) in [5.41, 5.74) is 0.851. The van der Waals surface area contributed by atoms with Gasteiger partial charge in [-0.2, -0.15) is 0 Å². The maximum Gasteiger partial charge on any atom is 0.257 e. The molecule has 0 aliphatic rings. The summed E-state index contributed by atoms with van der Waals surface area (Å²) in [4.78, 5) is 17.2. The number of amides is 1. The predicted octanol–water partition coefficient (Wildman–Crippen LogP) is 3.39. The van der Waals surface area contributed by atoms with Gasteiger partial charge in [-0.05, 0) is 51.1 Å². The van der Waals surface area contributed by atoms with Crippen LogP contribution in [0.2, 0.25) is 0 Å². The monoisotopic (exact) mass is 465 g/mol. The van der Waals surface area contributed by atoms with E-state index in [-0.39, 0.29) is 4.90 Å². The van der Waals surface area contributed by atoms with Crippen LogP contribution in [-0.4, -0.2) is 39.1 Å². The van der Waals surface area contributed by atoms with E-state index in [1.807, 2.05) is 20.8 Å². The largest absolute Gasteiger partial charge is 0.490 e. The first-order chi connectivity index (χ1) is 14.8. The second kappa shape index (κ2) is 9.50. The van der Waals surface area contributed by atoms with E-state index in [4.69, 9.17) is 19.3 Å². The Labute approximate surface area is 184 Å². The molecule has 0 aliphatic carbocycles. The molecule has 3 N–H and O–H groups in total. The lowest BCUT2D eigenvalue weighted by atomic mass is 10.1. The molecule has 0 atom stereocenters. The van der Waals surface area contributed by atoms with Crippen LogP contribution < -0.4 is 24.7 Å². The third kappa shape index (κ3) is 5.24. The number of anilines is 1. The number of primary sulfonamides is 1. The minimum absolute atomic E-state index is 0.0178. The average molecular weight is 466 g/mol. The summed E-state index contributed by atoms with van der Waals surface area (Å²) in [7, 11) is -3.83. The van der Waals surface area contributed by atoms with Gasteiger partial charge in [0.25, 0.3) is 5.91 Å². The molecule has 9 nitrogen and oxygen atoms in total.